The van der Waals surface area contributed by atoms with Crippen molar-refractivity contribution < 1.29 is 9.53 Å². The van der Waals surface area contributed by atoms with Crippen molar-refractivity contribution in [1.82, 2.24) is 10.2 Å². The Labute approximate surface area is 151 Å². The molecule has 128 valence electrons. The molecule has 6 nitrogen and oxygen atoms in total. The number of hydrogen-bond acceptors (Lipinski definition) is 5. The van der Waals surface area contributed by atoms with Gasteiger partial charge in [-0.15, -0.1) is 22.6 Å². The Hall–Kier alpha value is -3.12. The number of nitrogens with one attached hydrogen (secondary N) is 1. The van der Waals surface area contributed by atoms with E-state index < -0.39 is 0 Å². The number of aromatic nitrogens is 2. The first-order valence-electron chi connectivity index (χ1n) is 7.31. The number of para-hydroxylation sites is 2. The van der Waals surface area contributed by atoms with Crippen LogP contribution < -0.4 is 15.8 Å². The number of nitrogen functional groups attached to an aromatic ring is 1. The van der Waals surface area contributed by atoms with Crippen LogP contribution in [0.1, 0.15) is 10.4 Å². The van der Waals surface area contributed by atoms with E-state index in [9.17, 15) is 4.79 Å². The lowest BCUT2D eigenvalue weighted by Gasteiger charge is -2.08. The zero-order valence-electron chi connectivity index (χ0n) is 13.5. The predicted molar refractivity (Wildman–Crippen MR) is 100 cm³/mol. The maximum Gasteiger partial charge on any atom is 0.255 e. The molecular weight excluding hydrogens is 340 g/mol. The lowest BCUT2D eigenvalue weighted by atomic mass is 10.1. The van der Waals surface area contributed by atoms with Crippen molar-refractivity contribution in [3.05, 3.63) is 66.2 Å². The maximum atomic E-state index is 12.3. The number of amides is 1. The molecule has 3 N–H and O–H groups in total. The molecule has 0 unspecified atom stereocenters. The van der Waals surface area contributed by atoms with Crippen molar-refractivity contribution in [3.63, 3.8) is 0 Å². The first kappa shape index (κ1) is 18.2. The second kappa shape index (κ2) is 8.12. The summed E-state index contributed by atoms with van der Waals surface area (Å²) in [5.74, 6) is 0.232. The topological polar surface area (TPSA) is 90.1 Å². The van der Waals surface area contributed by atoms with E-state index >= 15 is 0 Å². The second-order valence-corrected chi connectivity index (χ2v) is 5.08. The van der Waals surface area contributed by atoms with Gasteiger partial charge in [-0.3, -0.25) is 4.79 Å². The minimum atomic E-state index is -0.222. The molecule has 3 rings (SSSR count). The number of halogens is 1. The molecule has 2 aromatic carbocycles. The van der Waals surface area contributed by atoms with Crippen LogP contribution in [0.15, 0.2) is 60.7 Å². The Kier molecular flexibility index (Phi) is 5.92. The SMILES string of the molecule is COc1ccc(-c2ccc(C(=O)Nc3ccccc3N)cc2)nn1.Cl. The molecule has 0 bridgehead atoms. The number of anilines is 2. The third-order valence-corrected chi connectivity index (χ3v) is 3.50. The summed E-state index contributed by atoms with van der Waals surface area (Å²) in [4.78, 5) is 12.3. The van der Waals surface area contributed by atoms with Gasteiger partial charge >= 0.3 is 0 Å². The smallest absolute Gasteiger partial charge is 0.255 e. The van der Waals surface area contributed by atoms with Gasteiger partial charge in [0.1, 0.15) is 0 Å². The van der Waals surface area contributed by atoms with Gasteiger partial charge in [-0.1, -0.05) is 24.3 Å². The summed E-state index contributed by atoms with van der Waals surface area (Å²) in [5.41, 5.74) is 9.04. The van der Waals surface area contributed by atoms with Crippen LogP contribution in [0.2, 0.25) is 0 Å². The molecule has 1 amide bonds. The molecule has 1 heterocycles. The van der Waals surface area contributed by atoms with Crippen LogP contribution in [-0.4, -0.2) is 23.2 Å². The fourth-order valence-corrected chi connectivity index (χ4v) is 2.18. The zero-order valence-corrected chi connectivity index (χ0v) is 14.3. The van der Waals surface area contributed by atoms with Gasteiger partial charge in [0.05, 0.1) is 24.2 Å². The number of carbonyl (C=O) groups excluding carboxylic acids is 1. The lowest BCUT2D eigenvalue weighted by Crippen LogP contribution is -2.13. The van der Waals surface area contributed by atoms with E-state index in [1.54, 1.807) is 30.3 Å². The van der Waals surface area contributed by atoms with E-state index in [1.807, 2.05) is 30.3 Å². The Morgan fingerprint density at radius 1 is 1.00 bits per heavy atom. The first-order chi connectivity index (χ1) is 11.7. The summed E-state index contributed by atoms with van der Waals surface area (Å²) in [6, 6.07) is 17.8. The quantitative estimate of drug-likeness (QED) is 0.699. The van der Waals surface area contributed by atoms with Gasteiger partial charge in [0, 0.05) is 17.2 Å². The fourth-order valence-electron chi connectivity index (χ4n) is 2.18. The Bertz CT molecular complexity index is 852. The summed E-state index contributed by atoms with van der Waals surface area (Å²) in [7, 11) is 1.54. The van der Waals surface area contributed by atoms with Crippen LogP contribution in [0.5, 0.6) is 5.88 Å². The Morgan fingerprint density at radius 2 is 1.72 bits per heavy atom. The second-order valence-electron chi connectivity index (χ2n) is 5.08. The number of nitrogens with two attached hydrogens (primary N) is 1. The first-order valence-corrected chi connectivity index (χ1v) is 7.31. The minimum absolute atomic E-state index is 0. The molecule has 7 heteroatoms. The van der Waals surface area contributed by atoms with E-state index in [0.717, 1.165) is 5.56 Å². The van der Waals surface area contributed by atoms with Crippen LogP contribution in [0, 0.1) is 0 Å². The van der Waals surface area contributed by atoms with Crippen LogP contribution >= 0.6 is 12.4 Å². The van der Waals surface area contributed by atoms with Crippen molar-refractivity contribution in [2.24, 2.45) is 0 Å². The van der Waals surface area contributed by atoms with Gasteiger partial charge in [0.25, 0.3) is 5.91 Å². The van der Waals surface area contributed by atoms with Gasteiger partial charge < -0.3 is 15.8 Å². The molecule has 25 heavy (non-hydrogen) atoms. The summed E-state index contributed by atoms with van der Waals surface area (Å²) in [5, 5.41) is 10.8. The Morgan fingerprint density at radius 3 is 2.32 bits per heavy atom. The standard InChI is InChI=1S/C18H16N4O2.ClH/c1-24-17-11-10-15(21-22-17)12-6-8-13(9-7-12)18(23)20-16-5-3-2-4-14(16)19;/h2-11H,19H2,1H3,(H,20,23);1H. The molecule has 0 fully saturated rings. The predicted octanol–water partition coefficient (Wildman–Crippen LogP) is 3.41. The van der Waals surface area contributed by atoms with Crippen molar-refractivity contribution in [2.45, 2.75) is 0 Å². The molecule has 0 atom stereocenters. The van der Waals surface area contributed by atoms with E-state index in [0.29, 0.717) is 28.5 Å². The highest BCUT2D eigenvalue weighted by atomic mass is 35.5. The summed E-state index contributed by atoms with van der Waals surface area (Å²) in [6.07, 6.45) is 0. The average Bonchev–Trinajstić information content (AvgIpc) is 2.64. The van der Waals surface area contributed by atoms with E-state index in [4.69, 9.17) is 10.5 Å². The number of nitrogens with zero attached hydrogens (tertiary/aromatic N) is 2. The number of rotatable bonds is 4. The number of ether oxygens (including phenoxy) is 1. The number of carbonyl (C=O) groups is 1. The number of methoxy groups -OCH3 is 1. The zero-order chi connectivity index (χ0) is 16.9. The number of hydrogen-bond donors (Lipinski definition) is 2. The minimum Gasteiger partial charge on any atom is -0.480 e. The van der Waals surface area contributed by atoms with Crippen LogP contribution in [0.3, 0.4) is 0 Å². The summed E-state index contributed by atoms with van der Waals surface area (Å²) in [6.45, 7) is 0. The van der Waals surface area contributed by atoms with Crippen molar-refractivity contribution in [3.8, 4) is 17.1 Å². The van der Waals surface area contributed by atoms with Gasteiger partial charge in [0.15, 0.2) is 0 Å². The monoisotopic (exact) mass is 356 g/mol. The van der Waals surface area contributed by atoms with Gasteiger partial charge in [0.2, 0.25) is 5.88 Å². The molecule has 0 aliphatic carbocycles. The maximum absolute atomic E-state index is 12.3. The molecule has 0 spiro atoms. The third-order valence-electron chi connectivity index (χ3n) is 3.50. The van der Waals surface area contributed by atoms with Crippen molar-refractivity contribution in [1.29, 1.82) is 0 Å². The molecule has 0 saturated carbocycles. The molecule has 3 aromatic rings. The highest BCUT2D eigenvalue weighted by Gasteiger charge is 2.09. The van der Waals surface area contributed by atoms with Crippen molar-refractivity contribution >= 4 is 29.7 Å². The highest BCUT2D eigenvalue weighted by molar-refractivity contribution is 6.05. The van der Waals surface area contributed by atoms with Crippen LogP contribution in [-0.2, 0) is 0 Å². The lowest BCUT2D eigenvalue weighted by molar-refractivity contribution is 0.102. The van der Waals surface area contributed by atoms with Crippen LogP contribution in [0.25, 0.3) is 11.3 Å². The summed E-state index contributed by atoms with van der Waals surface area (Å²) < 4.78 is 4.99. The molecule has 0 aliphatic heterocycles. The molecule has 0 saturated heterocycles. The average molecular weight is 357 g/mol. The van der Waals surface area contributed by atoms with Crippen LogP contribution in [0.4, 0.5) is 11.4 Å². The van der Waals surface area contributed by atoms with E-state index in [1.165, 1.54) is 7.11 Å². The fraction of sp³-hybridized carbons (Fsp3) is 0.0556. The molecule has 0 aliphatic rings. The van der Waals surface area contributed by atoms with Gasteiger partial charge in [-0.2, -0.15) is 0 Å². The normalized spacial score (nSPS) is 9.80. The largest absolute Gasteiger partial charge is 0.480 e. The highest BCUT2D eigenvalue weighted by Crippen LogP contribution is 2.20. The van der Waals surface area contributed by atoms with Gasteiger partial charge in [-0.25, -0.2) is 0 Å². The Balaban J connectivity index is 0.00000225. The summed E-state index contributed by atoms with van der Waals surface area (Å²) >= 11 is 0. The van der Waals surface area contributed by atoms with E-state index in [2.05, 4.69) is 15.5 Å². The van der Waals surface area contributed by atoms with Gasteiger partial charge in [-0.05, 0) is 30.3 Å². The van der Waals surface area contributed by atoms with E-state index in [-0.39, 0.29) is 18.3 Å². The molecular formula is C18H17ClN4O2. The van der Waals surface area contributed by atoms with Crippen molar-refractivity contribution in [2.75, 3.05) is 18.2 Å². The molecule has 0 radical (unpaired) electrons. The number of benzene rings is 2. The third kappa shape index (κ3) is 4.24. The molecule has 1 aromatic heterocycles.